The highest BCUT2D eigenvalue weighted by molar-refractivity contribution is 5.82. The van der Waals surface area contributed by atoms with Crippen LogP contribution in [-0.2, 0) is 15.1 Å². The highest BCUT2D eigenvalue weighted by atomic mass is 16.5. The van der Waals surface area contributed by atoms with Crippen LogP contribution in [0, 0.1) is 29.6 Å². The number of rotatable bonds is 3. The molecule has 0 amide bonds. The summed E-state index contributed by atoms with van der Waals surface area (Å²) in [7, 11) is 0. The molecule has 2 aromatic rings. The lowest BCUT2D eigenvalue weighted by atomic mass is 9.85. The highest BCUT2D eigenvalue weighted by Gasteiger charge is 2.52. The van der Waals surface area contributed by atoms with Crippen LogP contribution in [0.15, 0.2) is 36.4 Å². The Hall–Kier alpha value is -2.88. The van der Waals surface area contributed by atoms with Crippen LogP contribution in [0.2, 0.25) is 0 Å². The first-order chi connectivity index (χ1) is 20.6. The van der Waals surface area contributed by atoms with E-state index in [0.717, 1.165) is 24.0 Å². The number of aliphatic hydroxyl groups excluding tert-OH is 8. The Morgan fingerprint density at radius 1 is 0.628 bits per heavy atom. The molecule has 0 spiro atoms. The van der Waals surface area contributed by atoms with Gasteiger partial charge in [0.25, 0.3) is 0 Å². The van der Waals surface area contributed by atoms with Crippen molar-refractivity contribution in [2.45, 2.75) is 79.5 Å². The van der Waals surface area contributed by atoms with Crippen molar-refractivity contribution in [2.24, 2.45) is 5.92 Å². The normalized spacial score (nSPS) is 38.3. The third-order valence-corrected chi connectivity index (χ3v) is 8.82. The summed E-state index contributed by atoms with van der Waals surface area (Å²) in [4.78, 5) is 0. The van der Waals surface area contributed by atoms with E-state index in [0.29, 0.717) is 22.3 Å². The molecule has 228 valence electrons. The summed E-state index contributed by atoms with van der Waals surface area (Å²) in [6.07, 6.45) is -11.8. The maximum absolute atomic E-state index is 12.2. The zero-order valence-electron chi connectivity index (χ0n) is 23.0. The number of benzene rings is 2. The first kappa shape index (κ1) is 30.2. The molecule has 2 aliphatic carbocycles. The summed E-state index contributed by atoms with van der Waals surface area (Å²) in [5, 5.41) is 91.9. The molecule has 3 fully saturated rings. The summed E-state index contributed by atoms with van der Waals surface area (Å²) >= 11 is 0. The molecule has 10 atom stereocenters. The maximum Gasteiger partial charge on any atom is 0.147 e. The minimum atomic E-state index is -1.53. The third-order valence-electron chi connectivity index (χ3n) is 8.82. The van der Waals surface area contributed by atoms with E-state index < -0.39 is 79.9 Å². The highest BCUT2D eigenvalue weighted by Crippen LogP contribution is 2.58. The van der Waals surface area contributed by atoms with E-state index in [4.69, 9.17) is 9.47 Å². The van der Waals surface area contributed by atoms with Gasteiger partial charge in [0.05, 0.1) is 13.2 Å². The number of ether oxygens (including phenoxy) is 2. The summed E-state index contributed by atoms with van der Waals surface area (Å²) in [6, 6.07) is 10.8. The van der Waals surface area contributed by atoms with Crippen molar-refractivity contribution in [2.75, 3.05) is 13.2 Å². The van der Waals surface area contributed by atoms with Gasteiger partial charge in [-0.25, -0.2) is 0 Å². The second kappa shape index (κ2) is 11.6. The Morgan fingerprint density at radius 3 is 1.42 bits per heavy atom. The fourth-order valence-electron chi connectivity index (χ4n) is 6.18. The third kappa shape index (κ3) is 5.17. The number of fused-ring (bicyclic) bond motifs is 3. The largest absolute Gasteiger partial charge is 0.394 e. The molecule has 2 aromatic carbocycles. The van der Waals surface area contributed by atoms with Gasteiger partial charge in [0, 0.05) is 11.1 Å². The van der Waals surface area contributed by atoms with Crippen LogP contribution in [0.25, 0.3) is 11.1 Å². The quantitative estimate of drug-likeness (QED) is 0.173. The lowest BCUT2D eigenvalue weighted by molar-refractivity contribution is -0.214. The topological polar surface area (TPSA) is 201 Å². The molecule has 2 aliphatic heterocycles. The molecule has 2 saturated heterocycles. The summed E-state index contributed by atoms with van der Waals surface area (Å²) < 4.78 is 11.0. The number of hydrogen-bond acceptors (Lipinski definition) is 11. The zero-order valence-corrected chi connectivity index (χ0v) is 23.0. The van der Waals surface area contributed by atoms with Crippen molar-refractivity contribution in [1.29, 1.82) is 0 Å². The van der Waals surface area contributed by atoms with Crippen LogP contribution in [0.3, 0.4) is 0 Å². The van der Waals surface area contributed by atoms with Gasteiger partial charge in [-0.15, -0.1) is 0 Å². The van der Waals surface area contributed by atoms with Crippen molar-refractivity contribution >= 4 is 0 Å². The average molecular weight is 595 g/mol. The van der Waals surface area contributed by atoms with Crippen LogP contribution in [0.4, 0.5) is 0 Å². The molecule has 1 saturated carbocycles. The molecular formula is C32H34O11. The average Bonchev–Trinajstić information content (AvgIpc) is 3.85. The van der Waals surface area contributed by atoms with E-state index in [-0.39, 0.29) is 5.92 Å². The van der Waals surface area contributed by atoms with E-state index >= 15 is 0 Å². The van der Waals surface area contributed by atoms with Crippen molar-refractivity contribution in [3.63, 3.8) is 0 Å². The fraction of sp³-hybridized carbons (Fsp3) is 0.500. The van der Waals surface area contributed by atoms with E-state index in [1.165, 1.54) is 0 Å². The smallest absolute Gasteiger partial charge is 0.147 e. The minimum absolute atomic E-state index is 0.0326. The molecule has 0 aromatic heterocycles. The molecule has 9 N–H and O–H groups in total. The maximum atomic E-state index is 12.2. The van der Waals surface area contributed by atoms with Crippen molar-refractivity contribution in [3.05, 3.63) is 58.7 Å². The van der Waals surface area contributed by atoms with Gasteiger partial charge in [0.1, 0.15) is 66.6 Å². The number of hydrogen-bond donors (Lipinski definition) is 9. The molecule has 2 heterocycles. The first-order valence-electron chi connectivity index (χ1n) is 14.2. The van der Waals surface area contributed by atoms with Gasteiger partial charge in [0.2, 0.25) is 0 Å². The Balaban J connectivity index is 1.29. The molecule has 8 unspecified atom stereocenters. The predicted molar refractivity (Wildman–Crippen MR) is 149 cm³/mol. The lowest BCUT2D eigenvalue weighted by Crippen LogP contribution is -2.58. The fourth-order valence-corrected chi connectivity index (χ4v) is 6.18. The molecule has 6 rings (SSSR count). The summed E-state index contributed by atoms with van der Waals surface area (Å²) in [5.41, 5.74) is 2.75. The van der Waals surface area contributed by atoms with Crippen LogP contribution in [0.5, 0.6) is 0 Å². The van der Waals surface area contributed by atoms with E-state index in [2.05, 4.69) is 23.7 Å². The minimum Gasteiger partial charge on any atom is -0.394 e. The van der Waals surface area contributed by atoms with Crippen LogP contribution in [0.1, 0.15) is 35.1 Å². The predicted octanol–water partition coefficient (Wildman–Crippen LogP) is -2.30. The molecule has 0 radical (unpaired) electrons. The Morgan fingerprint density at radius 2 is 1.05 bits per heavy atom. The monoisotopic (exact) mass is 594 g/mol. The van der Waals surface area contributed by atoms with Crippen LogP contribution < -0.4 is 0 Å². The van der Waals surface area contributed by atoms with E-state index in [9.17, 15) is 46.0 Å². The lowest BCUT2D eigenvalue weighted by Gasteiger charge is -2.37. The van der Waals surface area contributed by atoms with Gasteiger partial charge in [0.15, 0.2) is 0 Å². The molecular weight excluding hydrogens is 560 g/mol. The van der Waals surface area contributed by atoms with Crippen molar-refractivity contribution in [1.82, 2.24) is 0 Å². The summed E-state index contributed by atoms with van der Waals surface area (Å²) in [6.45, 7) is -1.10. The molecule has 11 nitrogen and oxygen atoms in total. The van der Waals surface area contributed by atoms with Gasteiger partial charge in [-0.3, -0.25) is 0 Å². The van der Waals surface area contributed by atoms with Gasteiger partial charge < -0.3 is 55.4 Å². The Kier molecular flexibility index (Phi) is 8.11. The van der Waals surface area contributed by atoms with E-state index in [1.54, 1.807) is 24.3 Å². The second-order valence-corrected chi connectivity index (χ2v) is 11.6. The van der Waals surface area contributed by atoms with Gasteiger partial charge in [-0.1, -0.05) is 35.8 Å². The molecule has 4 aliphatic rings. The first-order valence-corrected chi connectivity index (χ1v) is 14.2. The van der Waals surface area contributed by atoms with Gasteiger partial charge in [-0.2, -0.15) is 0 Å². The van der Waals surface area contributed by atoms with Gasteiger partial charge in [-0.05, 0) is 65.3 Å². The van der Waals surface area contributed by atoms with Gasteiger partial charge >= 0.3 is 0 Å². The Bertz CT molecular complexity index is 1390. The second-order valence-electron chi connectivity index (χ2n) is 11.6. The zero-order chi connectivity index (χ0) is 30.6. The number of aliphatic hydroxyl groups is 9. The molecule has 11 heteroatoms. The van der Waals surface area contributed by atoms with Crippen molar-refractivity contribution < 1.29 is 55.4 Å². The molecule has 43 heavy (non-hydrogen) atoms. The summed E-state index contributed by atoms with van der Waals surface area (Å²) in [5.74, 6) is 11.4. The SMILES string of the molecule is OCC1OC(C#Cc2ccc3c(c2)C(O)(C2CC2)c2cc(C#CC4OC(CO)[C@@H](O)C(O)C4O)ccc2-3)C(O)C(O)[C@@H]1O. The van der Waals surface area contributed by atoms with Crippen LogP contribution in [-0.4, -0.2) is 120 Å². The standard InChI is InChI=1S/C32H34O11/c33-13-24-28(37)30(39)26(35)22(42-24)9-3-15-1-7-18-19-8-2-16(12-21(19)32(41,17-5-6-17)20(18)11-15)4-10-23-27(36)31(40)29(38)25(14-34)43-23/h1-2,7-8,11-12,17,22-31,33-41H,5-6,13-14H2/t22?,23?,24?,25?,26?,27?,28-,29-,30?,31?,32?/m1/s1. The van der Waals surface area contributed by atoms with Crippen LogP contribution >= 0.6 is 0 Å². The van der Waals surface area contributed by atoms with E-state index in [1.807, 2.05) is 12.1 Å². The van der Waals surface area contributed by atoms with Crippen molar-refractivity contribution in [3.8, 4) is 34.8 Å². The molecule has 0 bridgehead atoms. The Labute approximate surface area is 247 Å².